The van der Waals surface area contributed by atoms with E-state index in [9.17, 15) is 9.59 Å². The van der Waals surface area contributed by atoms with Crippen LogP contribution in [0.3, 0.4) is 0 Å². The molecule has 178 valence electrons. The SMILES string of the molecule is O=C(Cc1ccc(N(CCCl)CCCl)cc1)Nc1ccc(NC(=O)CN2CCCCC2)cc1. The first-order valence-electron chi connectivity index (χ1n) is 11.5. The molecule has 6 nitrogen and oxygen atoms in total. The van der Waals surface area contributed by atoms with Crippen molar-refractivity contribution >= 4 is 52.1 Å². The van der Waals surface area contributed by atoms with Gasteiger partial charge in [0.1, 0.15) is 0 Å². The molecule has 0 radical (unpaired) electrons. The number of nitrogens with one attached hydrogen (secondary N) is 2. The summed E-state index contributed by atoms with van der Waals surface area (Å²) in [4.78, 5) is 29.0. The molecule has 1 fully saturated rings. The number of alkyl halides is 2. The minimum Gasteiger partial charge on any atom is -0.369 e. The maximum Gasteiger partial charge on any atom is 0.238 e. The van der Waals surface area contributed by atoms with Gasteiger partial charge >= 0.3 is 0 Å². The molecule has 33 heavy (non-hydrogen) atoms. The van der Waals surface area contributed by atoms with Crippen LogP contribution in [0.25, 0.3) is 0 Å². The van der Waals surface area contributed by atoms with Gasteiger partial charge in [-0.2, -0.15) is 0 Å². The molecular formula is C25H32Cl2N4O2. The fraction of sp³-hybridized carbons (Fsp3) is 0.440. The first-order chi connectivity index (χ1) is 16.1. The molecule has 3 rings (SSSR count). The third kappa shape index (κ3) is 8.54. The van der Waals surface area contributed by atoms with Gasteiger partial charge in [0.25, 0.3) is 0 Å². The third-order valence-corrected chi connectivity index (χ3v) is 5.98. The summed E-state index contributed by atoms with van der Waals surface area (Å²) < 4.78 is 0. The van der Waals surface area contributed by atoms with Gasteiger partial charge in [-0.3, -0.25) is 14.5 Å². The summed E-state index contributed by atoms with van der Waals surface area (Å²) in [5, 5.41) is 5.84. The maximum absolute atomic E-state index is 12.5. The summed E-state index contributed by atoms with van der Waals surface area (Å²) in [5.74, 6) is 0.958. The van der Waals surface area contributed by atoms with E-state index < -0.39 is 0 Å². The van der Waals surface area contributed by atoms with E-state index in [2.05, 4.69) is 20.4 Å². The Bertz CT molecular complexity index is 878. The second-order valence-corrected chi connectivity index (χ2v) is 8.97. The van der Waals surface area contributed by atoms with Gasteiger partial charge in [0.05, 0.1) is 13.0 Å². The maximum atomic E-state index is 12.5. The molecule has 0 aliphatic carbocycles. The van der Waals surface area contributed by atoms with Crippen LogP contribution in [0.2, 0.25) is 0 Å². The van der Waals surface area contributed by atoms with Crippen LogP contribution >= 0.6 is 23.2 Å². The molecule has 2 aromatic rings. The van der Waals surface area contributed by atoms with Gasteiger partial charge in [0, 0.05) is 41.9 Å². The van der Waals surface area contributed by atoms with Crippen LogP contribution in [0, 0.1) is 0 Å². The van der Waals surface area contributed by atoms with Crippen molar-refractivity contribution in [2.75, 3.05) is 60.0 Å². The number of rotatable bonds is 11. The van der Waals surface area contributed by atoms with E-state index in [0.717, 1.165) is 56.0 Å². The second-order valence-electron chi connectivity index (χ2n) is 8.22. The third-order valence-electron chi connectivity index (χ3n) is 5.64. The normalized spacial score (nSPS) is 14.0. The highest BCUT2D eigenvalue weighted by molar-refractivity contribution is 6.18. The molecule has 2 N–H and O–H groups in total. The molecule has 0 bridgehead atoms. The van der Waals surface area contributed by atoms with Gasteiger partial charge in [0.2, 0.25) is 11.8 Å². The van der Waals surface area contributed by atoms with Gasteiger partial charge in [-0.15, -0.1) is 23.2 Å². The molecule has 1 saturated heterocycles. The van der Waals surface area contributed by atoms with Crippen molar-refractivity contribution in [1.82, 2.24) is 4.90 Å². The average molecular weight is 491 g/mol. The lowest BCUT2D eigenvalue weighted by atomic mass is 10.1. The largest absolute Gasteiger partial charge is 0.369 e. The fourth-order valence-electron chi connectivity index (χ4n) is 3.95. The van der Waals surface area contributed by atoms with E-state index in [-0.39, 0.29) is 18.2 Å². The number of hydrogen-bond acceptors (Lipinski definition) is 4. The second kappa shape index (κ2) is 13.4. The number of hydrogen-bond donors (Lipinski definition) is 2. The number of carbonyl (C=O) groups is 2. The van der Waals surface area contributed by atoms with Crippen molar-refractivity contribution in [2.24, 2.45) is 0 Å². The van der Waals surface area contributed by atoms with Crippen LogP contribution in [0.1, 0.15) is 24.8 Å². The number of likely N-dealkylation sites (tertiary alicyclic amines) is 1. The Morgan fingerprint density at radius 3 is 1.88 bits per heavy atom. The number of halogens is 2. The van der Waals surface area contributed by atoms with Crippen LogP contribution in [-0.4, -0.2) is 61.2 Å². The number of anilines is 3. The van der Waals surface area contributed by atoms with Gasteiger partial charge in [-0.1, -0.05) is 18.6 Å². The monoisotopic (exact) mass is 490 g/mol. The molecule has 0 atom stereocenters. The summed E-state index contributed by atoms with van der Waals surface area (Å²) >= 11 is 11.7. The number of amides is 2. The zero-order valence-corrected chi connectivity index (χ0v) is 20.4. The Morgan fingerprint density at radius 1 is 0.788 bits per heavy atom. The highest BCUT2D eigenvalue weighted by Gasteiger charge is 2.14. The highest BCUT2D eigenvalue weighted by Crippen LogP contribution is 2.18. The fourth-order valence-corrected chi connectivity index (χ4v) is 4.36. The lowest BCUT2D eigenvalue weighted by molar-refractivity contribution is -0.117. The molecule has 0 spiro atoms. The Kier molecular flexibility index (Phi) is 10.3. The zero-order chi connectivity index (χ0) is 23.5. The molecule has 0 unspecified atom stereocenters. The highest BCUT2D eigenvalue weighted by atomic mass is 35.5. The van der Waals surface area contributed by atoms with Gasteiger partial charge in [-0.25, -0.2) is 0 Å². The molecule has 2 aromatic carbocycles. The zero-order valence-electron chi connectivity index (χ0n) is 18.9. The van der Waals surface area contributed by atoms with Crippen LogP contribution < -0.4 is 15.5 Å². The summed E-state index contributed by atoms with van der Waals surface area (Å²) in [7, 11) is 0. The molecule has 1 heterocycles. The van der Waals surface area contributed by atoms with Crippen LogP contribution in [0.4, 0.5) is 17.1 Å². The molecular weight excluding hydrogens is 459 g/mol. The first kappa shape index (κ1) is 25.3. The van der Waals surface area contributed by atoms with Crippen molar-refractivity contribution in [1.29, 1.82) is 0 Å². The summed E-state index contributed by atoms with van der Waals surface area (Å²) in [6, 6.07) is 15.1. The van der Waals surface area contributed by atoms with Crippen molar-refractivity contribution in [3.05, 3.63) is 54.1 Å². The van der Waals surface area contributed by atoms with E-state index in [1.165, 1.54) is 6.42 Å². The van der Waals surface area contributed by atoms with E-state index in [1.54, 1.807) is 24.3 Å². The van der Waals surface area contributed by atoms with Crippen molar-refractivity contribution < 1.29 is 9.59 Å². The van der Waals surface area contributed by atoms with Crippen molar-refractivity contribution in [3.63, 3.8) is 0 Å². The van der Waals surface area contributed by atoms with Crippen LogP contribution in [0.15, 0.2) is 48.5 Å². The Balaban J connectivity index is 1.46. The lowest BCUT2D eigenvalue weighted by Crippen LogP contribution is -2.36. The summed E-state index contributed by atoms with van der Waals surface area (Å²) in [6.07, 6.45) is 3.84. The number of carbonyl (C=O) groups excluding carboxylic acids is 2. The minimum atomic E-state index is -0.0944. The van der Waals surface area contributed by atoms with E-state index >= 15 is 0 Å². The Hall–Kier alpha value is -2.28. The smallest absolute Gasteiger partial charge is 0.238 e. The Morgan fingerprint density at radius 2 is 1.33 bits per heavy atom. The number of nitrogens with zero attached hydrogens (tertiary/aromatic N) is 2. The van der Waals surface area contributed by atoms with Crippen LogP contribution in [0.5, 0.6) is 0 Å². The van der Waals surface area contributed by atoms with E-state index in [0.29, 0.717) is 24.0 Å². The lowest BCUT2D eigenvalue weighted by Gasteiger charge is -2.25. The molecule has 0 aromatic heterocycles. The number of piperidine rings is 1. The summed E-state index contributed by atoms with van der Waals surface area (Å²) in [5.41, 5.74) is 3.39. The molecule has 8 heteroatoms. The van der Waals surface area contributed by atoms with Gasteiger partial charge < -0.3 is 15.5 Å². The topological polar surface area (TPSA) is 64.7 Å². The number of benzene rings is 2. The Labute approximate surface area is 206 Å². The van der Waals surface area contributed by atoms with E-state index in [1.807, 2.05) is 24.3 Å². The standard InChI is InChI=1S/C25H32Cl2N4O2/c26-12-16-31(17-13-27)23-10-4-20(5-11-23)18-24(32)28-21-6-8-22(9-7-21)29-25(33)19-30-14-2-1-3-15-30/h4-11H,1-3,12-19H2,(H,28,32)(H,29,33). The molecule has 2 amide bonds. The van der Waals surface area contributed by atoms with Gasteiger partial charge in [0.15, 0.2) is 0 Å². The van der Waals surface area contributed by atoms with E-state index in [4.69, 9.17) is 23.2 Å². The predicted molar refractivity (Wildman–Crippen MR) is 138 cm³/mol. The minimum absolute atomic E-state index is 0.00667. The molecule has 1 aliphatic heterocycles. The quantitative estimate of drug-likeness (QED) is 0.452. The first-order valence-corrected chi connectivity index (χ1v) is 12.5. The molecule has 1 aliphatic rings. The summed E-state index contributed by atoms with van der Waals surface area (Å²) in [6.45, 7) is 3.85. The van der Waals surface area contributed by atoms with Crippen molar-refractivity contribution in [2.45, 2.75) is 25.7 Å². The van der Waals surface area contributed by atoms with Crippen molar-refractivity contribution in [3.8, 4) is 0 Å². The van der Waals surface area contributed by atoms with Crippen LogP contribution in [-0.2, 0) is 16.0 Å². The predicted octanol–water partition coefficient (Wildman–Crippen LogP) is 4.58. The average Bonchev–Trinajstić information content (AvgIpc) is 2.81. The van der Waals surface area contributed by atoms with Gasteiger partial charge in [-0.05, 0) is 67.9 Å². The molecule has 0 saturated carbocycles.